The molecule has 2 heteroatoms. The van der Waals surface area contributed by atoms with Gasteiger partial charge in [-0.1, -0.05) is 18.2 Å². The van der Waals surface area contributed by atoms with Gasteiger partial charge in [0.25, 0.3) is 0 Å². The van der Waals surface area contributed by atoms with Crippen molar-refractivity contribution in [2.75, 3.05) is 13.1 Å². The number of furan rings is 1. The molecule has 0 saturated carbocycles. The highest BCUT2D eigenvalue weighted by molar-refractivity contribution is 5.82. The molecule has 1 atom stereocenters. The van der Waals surface area contributed by atoms with Crippen molar-refractivity contribution in [2.24, 2.45) is 5.92 Å². The molecule has 1 unspecified atom stereocenters. The fraction of sp³-hybridized carbons (Fsp3) is 0.429. The van der Waals surface area contributed by atoms with Crippen LogP contribution in [-0.4, -0.2) is 13.1 Å². The molecule has 1 aromatic carbocycles. The zero-order valence-electron chi connectivity index (χ0n) is 9.62. The first kappa shape index (κ1) is 9.91. The molecule has 1 aliphatic rings. The van der Waals surface area contributed by atoms with E-state index in [2.05, 4.69) is 30.4 Å². The highest BCUT2D eigenvalue weighted by Crippen LogP contribution is 2.28. The number of fused-ring (bicyclic) bond motifs is 1. The average molecular weight is 215 g/mol. The van der Waals surface area contributed by atoms with E-state index in [4.69, 9.17) is 4.42 Å². The first-order valence-corrected chi connectivity index (χ1v) is 6.02. The zero-order chi connectivity index (χ0) is 11.0. The van der Waals surface area contributed by atoms with Crippen LogP contribution in [0.15, 0.2) is 28.7 Å². The van der Waals surface area contributed by atoms with Crippen LogP contribution >= 0.6 is 0 Å². The molecule has 1 aliphatic heterocycles. The Kier molecular flexibility index (Phi) is 2.44. The minimum Gasteiger partial charge on any atom is -0.461 e. The number of hydrogen-bond acceptors (Lipinski definition) is 2. The molecule has 0 radical (unpaired) electrons. The lowest BCUT2D eigenvalue weighted by Gasteiger charge is -2.07. The van der Waals surface area contributed by atoms with Crippen LogP contribution in [0.3, 0.4) is 0 Å². The summed E-state index contributed by atoms with van der Waals surface area (Å²) in [7, 11) is 0. The molecule has 1 N–H and O–H groups in total. The van der Waals surface area contributed by atoms with Crippen LogP contribution < -0.4 is 5.32 Å². The molecule has 0 amide bonds. The minimum atomic E-state index is 0.778. The molecular formula is C14H17NO. The van der Waals surface area contributed by atoms with Gasteiger partial charge in [-0.05, 0) is 44.8 Å². The van der Waals surface area contributed by atoms with Gasteiger partial charge in [0.2, 0.25) is 0 Å². The number of para-hydroxylation sites is 1. The summed E-state index contributed by atoms with van der Waals surface area (Å²) in [6.07, 6.45) is 2.44. The first-order chi connectivity index (χ1) is 7.84. The summed E-state index contributed by atoms with van der Waals surface area (Å²) in [6.45, 7) is 4.40. The maximum Gasteiger partial charge on any atom is 0.134 e. The van der Waals surface area contributed by atoms with Crippen molar-refractivity contribution in [3.05, 3.63) is 35.6 Å². The third-order valence-corrected chi connectivity index (χ3v) is 3.56. The van der Waals surface area contributed by atoms with Crippen LogP contribution in [0.25, 0.3) is 11.0 Å². The summed E-state index contributed by atoms with van der Waals surface area (Å²) >= 11 is 0. The third-order valence-electron chi connectivity index (χ3n) is 3.56. The zero-order valence-corrected chi connectivity index (χ0v) is 9.62. The lowest BCUT2D eigenvalue weighted by molar-refractivity contribution is 0.544. The fourth-order valence-corrected chi connectivity index (χ4v) is 2.65. The van der Waals surface area contributed by atoms with E-state index in [0.717, 1.165) is 30.2 Å². The molecule has 0 bridgehead atoms. The van der Waals surface area contributed by atoms with Gasteiger partial charge in [-0.25, -0.2) is 0 Å². The van der Waals surface area contributed by atoms with Crippen LogP contribution in [0.4, 0.5) is 0 Å². The maximum atomic E-state index is 5.79. The first-order valence-electron chi connectivity index (χ1n) is 6.02. The molecular weight excluding hydrogens is 198 g/mol. The molecule has 0 aliphatic carbocycles. The highest BCUT2D eigenvalue weighted by atomic mass is 16.3. The van der Waals surface area contributed by atoms with Crippen LogP contribution in [0, 0.1) is 12.8 Å². The van der Waals surface area contributed by atoms with Crippen molar-refractivity contribution >= 4 is 11.0 Å². The quantitative estimate of drug-likeness (QED) is 0.833. The largest absolute Gasteiger partial charge is 0.461 e. The Morgan fingerprint density at radius 3 is 3.06 bits per heavy atom. The summed E-state index contributed by atoms with van der Waals surface area (Å²) < 4.78 is 5.79. The second kappa shape index (κ2) is 3.95. The molecule has 0 spiro atoms. The van der Waals surface area contributed by atoms with Gasteiger partial charge in [0, 0.05) is 10.9 Å². The second-order valence-electron chi connectivity index (χ2n) is 4.70. The summed E-state index contributed by atoms with van der Waals surface area (Å²) in [6, 6.07) is 8.35. The molecule has 16 heavy (non-hydrogen) atoms. The Balaban J connectivity index is 1.98. The Bertz CT molecular complexity index is 494. The van der Waals surface area contributed by atoms with Gasteiger partial charge in [-0.15, -0.1) is 0 Å². The van der Waals surface area contributed by atoms with E-state index in [1.807, 2.05) is 6.07 Å². The summed E-state index contributed by atoms with van der Waals surface area (Å²) in [4.78, 5) is 0. The van der Waals surface area contributed by atoms with E-state index in [9.17, 15) is 0 Å². The predicted molar refractivity (Wildman–Crippen MR) is 65.6 cm³/mol. The van der Waals surface area contributed by atoms with Crippen LogP contribution in [0.2, 0.25) is 0 Å². The predicted octanol–water partition coefficient (Wildman–Crippen LogP) is 2.89. The summed E-state index contributed by atoms with van der Waals surface area (Å²) in [5, 5.41) is 4.72. The standard InChI is InChI=1S/C14H17NO/c1-10-13(8-11-6-7-15-9-11)12-4-2-3-5-14(12)16-10/h2-5,11,15H,6-9H2,1H3. The van der Waals surface area contributed by atoms with Gasteiger partial charge in [0.15, 0.2) is 0 Å². The normalized spacial score (nSPS) is 20.7. The molecule has 2 nitrogen and oxygen atoms in total. The smallest absolute Gasteiger partial charge is 0.134 e. The van der Waals surface area contributed by atoms with Gasteiger partial charge in [0.05, 0.1) is 0 Å². The van der Waals surface area contributed by atoms with Gasteiger partial charge in [-0.3, -0.25) is 0 Å². The maximum absolute atomic E-state index is 5.79. The molecule has 84 valence electrons. The summed E-state index contributed by atoms with van der Waals surface area (Å²) in [5.41, 5.74) is 2.44. The van der Waals surface area contributed by atoms with Crippen molar-refractivity contribution < 1.29 is 4.42 Å². The Morgan fingerprint density at radius 1 is 1.38 bits per heavy atom. The lowest BCUT2D eigenvalue weighted by Crippen LogP contribution is -2.10. The number of hydrogen-bond donors (Lipinski definition) is 1. The molecule has 2 aromatic rings. The Labute approximate surface area is 95.6 Å². The third kappa shape index (κ3) is 1.63. The number of rotatable bonds is 2. The Morgan fingerprint density at radius 2 is 2.25 bits per heavy atom. The van der Waals surface area contributed by atoms with Gasteiger partial charge in [-0.2, -0.15) is 0 Å². The monoisotopic (exact) mass is 215 g/mol. The van der Waals surface area contributed by atoms with Crippen LogP contribution in [0.5, 0.6) is 0 Å². The van der Waals surface area contributed by atoms with E-state index in [0.29, 0.717) is 0 Å². The molecule has 1 fully saturated rings. The summed E-state index contributed by atoms with van der Waals surface area (Å²) in [5.74, 6) is 1.87. The molecule has 1 aromatic heterocycles. The van der Waals surface area contributed by atoms with Crippen molar-refractivity contribution in [2.45, 2.75) is 19.8 Å². The van der Waals surface area contributed by atoms with Crippen molar-refractivity contribution in [1.29, 1.82) is 0 Å². The SMILES string of the molecule is Cc1oc2ccccc2c1CC1CCNC1. The van der Waals surface area contributed by atoms with Crippen molar-refractivity contribution in [3.63, 3.8) is 0 Å². The van der Waals surface area contributed by atoms with Crippen molar-refractivity contribution in [3.8, 4) is 0 Å². The van der Waals surface area contributed by atoms with Crippen molar-refractivity contribution in [1.82, 2.24) is 5.32 Å². The van der Waals surface area contributed by atoms with E-state index >= 15 is 0 Å². The second-order valence-corrected chi connectivity index (χ2v) is 4.70. The Hall–Kier alpha value is -1.28. The fourth-order valence-electron chi connectivity index (χ4n) is 2.65. The average Bonchev–Trinajstić information content (AvgIpc) is 2.89. The van der Waals surface area contributed by atoms with Gasteiger partial charge >= 0.3 is 0 Å². The van der Waals surface area contributed by atoms with Crippen LogP contribution in [0.1, 0.15) is 17.7 Å². The number of nitrogens with one attached hydrogen (secondary N) is 1. The van der Waals surface area contributed by atoms with Crippen LogP contribution in [-0.2, 0) is 6.42 Å². The molecule has 3 rings (SSSR count). The molecule has 1 saturated heterocycles. The number of benzene rings is 1. The van der Waals surface area contributed by atoms with E-state index in [-0.39, 0.29) is 0 Å². The van der Waals surface area contributed by atoms with Gasteiger partial charge < -0.3 is 9.73 Å². The topological polar surface area (TPSA) is 25.2 Å². The van der Waals surface area contributed by atoms with E-state index in [1.54, 1.807) is 0 Å². The highest BCUT2D eigenvalue weighted by Gasteiger charge is 2.19. The number of aryl methyl sites for hydroxylation is 1. The minimum absolute atomic E-state index is 0.778. The lowest BCUT2D eigenvalue weighted by atomic mass is 9.97. The van der Waals surface area contributed by atoms with Gasteiger partial charge in [0.1, 0.15) is 11.3 Å². The van der Waals surface area contributed by atoms with E-state index < -0.39 is 0 Å². The molecule has 2 heterocycles. The van der Waals surface area contributed by atoms with E-state index in [1.165, 1.54) is 23.9 Å².